The van der Waals surface area contributed by atoms with Crippen molar-refractivity contribution in [1.29, 1.82) is 5.26 Å². The van der Waals surface area contributed by atoms with E-state index in [1.54, 1.807) is 36.4 Å². The van der Waals surface area contributed by atoms with Gasteiger partial charge in [-0.2, -0.15) is 10.3 Å². The predicted molar refractivity (Wildman–Crippen MR) is 101 cm³/mol. The summed E-state index contributed by atoms with van der Waals surface area (Å²) in [6, 6.07) is 22.2. The lowest BCUT2D eigenvalue weighted by Gasteiger charge is -2.19. The molecule has 3 aromatic rings. The SMILES string of the molecule is N#Cc1ccc(C(=O)N=C2c3ccccc3CN2c2ccc(F)cc2)cc1. The molecule has 4 nitrogen and oxygen atoms in total. The second-order valence-corrected chi connectivity index (χ2v) is 6.15. The van der Waals surface area contributed by atoms with Gasteiger partial charge in [0, 0.05) is 16.8 Å². The third-order valence-corrected chi connectivity index (χ3v) is 4.45. The van der Waals surface area contributed by atoms with E-state index < -0.39 is 5.91 Å². The van der Waals surface area contributed by atoms with Gasteiger partial charge in [-0.25, -0.2) is 4.39 Å². The van der Waals surface area contributed by atoms with Crippen LogP contribution in [0.25, 0.3) is 0 Å². The van der Waals surface area contributed by atoms with Gasteiger partial charge in [0.2, 0.25) is 0 Å². The lowest BCUT2D eigenvalue weighted by molar-refractivity contribution is 0.100. The highest BCUT2D eigenvalue weighted by Gasteiger charge is 2.27. The Labute approximate surface area is 155 Å². The average molecular weight is 355 g/mol. The van der Waals surface area contributed by atoms with E-state index in [1.165, 1.54) is 12.1 Å². The fourth-order valence-corrected chi connectivity index (χ4v) is 3.07. The van der Waals surface area contributed by atoms with Crippen molar-refractivity contribution in [2.24, 2.45) is 4.99 Å². The number of nitriles is 1. The smallest absolute Gasteiger partial charge is 0.278 e. The molecule has 1 heterocycles. The highest BCUT2D eigenvalue weighted by molar-refractivity contribution is 6.18. The molecule has 0 aromatic heterocycles. The molecule has 4 rings (SSSR count). The summed E-state index contributed by atoms with van der Waals surface area (Å²) in [7, 11) is 0. The molecule has 27 heavy (non-hydrogen) atoms. The molecule has 130 valence electrons. The van der Waals surface area contributed by atoms with Gasteiger partial charge in [0.25, 0.3) is 5.91 Å². The van der Waals surface area contributed by atoms with Crippen LogP contribution in [0.2, 0.25) is 0 Å². The first-order chi connectivity index (χ1) is 13.2. The Morgan fingerprint density at radius 3 is 2.41 bits per heavy atom. The van der Waals surface area contributed by atoms with Crippen LogP contribution in [-0.2, 0) is 6.54 Å². The molecule has 0 unspecified atom stereocenters. The van der Waals surface area contributed by atoms with E-state index in [4.69, 9.17) is 5.26 Å². The summed E-state index contributed by atoms with van der Waals surface area (Å²) in [4.78, 5) is 18.9. The number of amides is 1. The van der Waals surface area contributed by atoms with Crippen molar-refractivity contribution in [2.75, 3.05) is 4.90 Å². The molecule has 0 radical (unpaired) electrons. The zero-order valence-electron chi connectivity index (χ0n) is 14.3. The fourth-order valence-electron chi connectivity index (χ4n) is 3.07. The minimum atomic E-state index is -0.390. The van der Waals surface area contributed by atoms with Crippen molar-refractivity contribution in [3.05, 3.63) is 101 Å². The van der Waals surface area contributed by atoms with Gasteiger partial charge < -0.3 is 4.90 Å². The molecule has 0 spiro atoms. The number of rotatable bonds is 2. The summed E-state index contributed by atoms with van der Waals surface area (Å²) in [6.45, 7) is 0.557. The number of carbonyl (C=O) groups is 1. The van der Waals surface area contributed by atoms with E-state index in [2.05, 4.69) is 4.99 Å². The number of carbonyl (C=O) groups excluding carboxylic acids is 1. The molecule has 1 aliphatic rings. The lowest BCUT2D eigenvalue weighted by atomic mass is 10.1. The van der Waals surface area contributed by atoms with E-state index in [-0.39, 0.29) is 5.82 Å². The van der Waals surface area contributed by atoms with Crippen molar-refractivity contribution in [1.82, 2.24) is 0 Å². The molecule has 3 aromatic carbocycles. The summed E-state index contributed by atoms with van der Waals surface area (Å²) >= 11 is 0. The van der Waals surface area contributed by atoms with Crippen LogP contribution < -0.4 is 4.90 Å². The molecule has 0 saturated carbocycles. The maximum atomic E-state index is 13.3. The average Bonchev–Trinajstić information content (AvgIpc) is 3.07. The highest BCUT2D eigenvalue weighted by Crippen LogP contribution is 2.29. The fraction of sp³-hybridized carbons (Fsp3) is 0.0455. The molecule has 0 atom stereocenters. The number of halogens is 1. The van der Waals surface area contributed by atoms with Gasteiger partial charge in [0.05, 0.1) is 18.2 Å². The topological polar surface area (TPSA) is 56.5 Å². The molecule has 0 saturated heterocycles. The largest absolute Gasteiger partial charge is 0.321 e. The van der Waals surface area contributed by atoms with Crippen LogP contribution in [0.5, 0.6) is 0 Å². The molecular weight excluding hydrogens is 341 g/mol. The Bertz CT molecular complexity index is 1080. The number of hydrogen-bond donors (Lipinski definition) is 0. The van der Waals surface area contributed by atoms with Gasteiger partial charge in [-0.1, -0.05) is 24.3 Å². The Balaban J connectivity index is 1.75. The highest BCUT2D eigenvalue weighted by atomic mass is 19.1. The monoisotopic (exact) mass is 355 g/mol. The maximum absolute atomic E-state index is 13.3. The van der Waals surface area contributed by atoms with Crippen molar-refractivity contribution in [3.8, 4) is 6.07 Å². The van der Waals surface area contributed by atoms with Crippen molar-refractivity contribution in [3.63, 3.8) is 0 Å². The molecule has 0 aliphatic carbocycles. The van der Waals surface area contributed by atoms with Gasteiger partial charge in [-0.15, -0.1) is 0 Å². The van der Waals surface area contributed by atoms with Crippen molar-refractivity contribution < 1.29 is 9.18 Å². The Morgan fingerprint density at radius 1 is 1.00 bits per heavy atom. The van der Waals surface area contributed by atoms with Gasteiger partial charge in [0.1, 0.15) is 11.7 Å². The Hall–Kier alpha value is -3.78. The number of hydrogen-bond acceptors (Lipinski definition) is 2. The molecule has 0 fully saturated rings. The number of anilines is 1. The molecule has 1 aliphatic heterocycles. The zero-order valence-corrected chi connectivity index (χ0v) is 14.3. The van der Waals surface area contributed by atoms with Crippen LogP contribution in [-0.4, -0.2) is 11.7 Å². The van der Waals surface area contributed by atoms with Crippen LogP contribution in [0.1, 0.15) is 27.0 Å². The van der Waals surface area contributed by atoms with Crippen molar-refractivity contribution >= 4 is 17.4 Å². The zero-order chi connectivity index (χ0) is 18.8. The van der Waals surface area contributed by atoms with Crippen LogP contribution in [0.4, 0.5) is 10.1 Å². The Morgan fingerprint density at radius 2 is 1.70 bits per heavy atom. The molecule has 0 N–H and O–H groups in total. The number of fused-ring (bicyclic) bond motifs is 1. The van der Waals surface area contributed by atoms with Gasteiger partial charge in [-0.05, 0) is 54.1 Å². The van der Waals surface area contributed by atoms with E-state index in [1.807, 2.05) is 35.2 Å². The third kappa shape index (κ3) is 3.21. The van der Waals surface area contributed by atoms with E-state index >= 15 is 0 Å². The van der Waals surface area contributed by atoms with Crippen LogP contribution in [0, 0.1) is 17.1 Å². The van der Waals surface area contributed by atoms with Crippen LogP contribution in [0.15, 0.2) is 77.8 Å². The summed E-state index contributed by atoms with van der Waals surface area (Å²) in [6.07, 6.45) is 0. The minimum absolute atomic E-state index is 0.317. The predicted octanol–water partition coefficient (Wildman–Crippen LogP) is 4.30. The number of aliphatic imine (C=N–C) groups is 1. The van der Waals surface area contributed by atoms with Gasteiger partial charge in [-0.3, -0.25) is 4.79 Å². The Kier molecular flexibility index (Phi) is 4.23. The standard InChI is InChI=1S/C22H14FN3O/c23-18-9-11-19(12-10-18)26-14-17-3-1-2-4-20(17)21(26)25-22(27)16-7-5-15(13-24)6-8-16/h1-12H,14H2. The molecule has 5 heteroatoms. The number of amidine groups is 1. The summed E-state index contributed by atoms with van der Waals surface area (Å²) in [5.74, 6) is -0.174. The maximum Gasteiger partial charge on any atom is 0.278 e. The van der Waals surface area contributed by atoms with Crippen LogP contribution in [0.3, 0.4) is 0 Å². The van der Waals surface area contributed by atoms with Gasteiger partial charge >= 0.3 is 0 Å². The summed E-state index contributed by atoms with van der Waals surface area (Å²) in [5, 5.41) is 8.89. The van der Waals surface area contributed by atoms with Crippen LogP contribution >= 0.6 is 0 Å². The minimum Gasteiger partial charge on any atom is -0.321 e. The first-order valence-electron chi connectivity index (χ1n) is 8.40. The van der Waals surface area contributed by atoms with Gasteiger partial charge in [0.15, 0.2) is 0 Å². The normalized spacial score (nSPS) is 14.1. The number of nitrogens with zero attached hydrogens (tertiary/aromatic N) is 3. The second kappa shape index (κ2) is 6.85. The van der Waals surface area contributed by atoms with E-state index in [9.17, 15) is 9.18 Å². The van der Waals surface area contributed by atoms with E-state index in [0.29, 0.717) is 23.5 Å². The van der Waals surface area contributed by atoms with Crippen molar-refractivity contribution in [2.45, 2.75) is 6.54 Å². The lowest BCUT2D eigenvalue weighted by Crippen LogP contribution is -2.25. The van der Waals surface area contributed by atoms with E-state index in [0.717, 1.165) is 16.8 Å². The summed E-state index contributed by atoms with van der Waals surface area (Å²) < 4.78 is 13.3. The molecule has 1 amide bonds. The molecular formula is C22H14FN3O. The second-order valence-electron chi connectivity index (χ2n) is 6.15. The molecule has 0 bridgehead atoms. The number of benzene rings is 3. The first-order valence-corrected chi connectivity index (χ1v) is 8.40. The first kappa shape index (κ1) is 16.7. The quantitative estimate of drug-likeness (QED) is 0.688. The summed E-state index contributed by atoms with van der Waals surface area (Å²) in [5.41, 5.74) is 3.58. The third-order valence-electron chi connectivity index (χ3n) is 4.45.